The summed E-state index contributed by atoms with van der Waals surface area (Å²) in [5, 5.41) is 3.38. The van der Waals surface area contributed by atoms with Crippen molar-refractivity contribution in [2.45, 2.75) is 18.6 Å². The van der Waals surface area contributed by atoms with Crippen LogP contribution in [0.2, 0.25) is 0 Å². The molecule has 2 heterocycles. The Morgan fingerprint density at radius 1 is 1.16 bits per heavy atom. The number of fused-ring (bicyclic) bond motifs is 1. The van der Waals surface area contributed by atoms with Gasteiger partial charge >= 0.3 is 0 Å². The predicted octanol–water partition coefficient (Wildman–Crippen LogP) is 4.23. The van der Waals surface area contributed by atoms with Crippen molar-refractivity contribution >= 4 is 51.6 Å². The number of carbonyl (C=O) groups is 1. The number of hydrogen-bond acceptors (Lipinski definition) is 6. The standard InChI is InChI=1S/C22H20N4O2S3/c1-14-8-10-15(11-9-14)12-23-17(27)13-30-21-24-19-18(20(28)25(21)2)31-22(29)26(19)16-6-4-3-5-7-16/h3-11H,12-13H2,1-2H3,(H,23,27). The molecule has 2 aromatic heterocycles. The molecule has 2 aromatic carbocycles. The van der Waals surface area contributed by atoms with Crippen LogP contribution in [-0.2, 0) is 18.4 Å². The number of thiazole rings is 1. The lowest BCUT2D eigenvalue weighted by Crippen LogP contribution is -2.25. The lowest BCUT2D eigenvalue weighted by Gasteiger charge is -2.09. The van der Waals surface area contributed by atoms with Gasteiger partial charge in [0, 0.05) is 19.3 Å². The van der Waals surface area contributed by atoms with Gasteiger partial charge in [0.2, 0.25) is 5.91 Å². The quantitative estimate of drug-likeness (QED) is 0.261. The van der Waals surface area contributed by atoms with E-state index in [1.54, 1.807) is 11.6 Å². The summed E-state index contributed by atoms with van der Waals surface area (Å²) in [5.41, 5.74) is 3.42. The van der Waals surface area contributed by atoms with Crippen LogP contribution < -0.4 is 10.9 Å². The topological polar surface area (TPSA) is 68.9 Å². The number of nitrogens with one attached hydrogen (secondary N) is 1. The first-order chi connectivity index (χ1) is 14.9. The largest absolute Gasteiger partial charge is 0.351 e. The van der Waals surface area contributed by atoms with Crippen LogP contribution in [0.4, 0.5) is 0 Å². The Morgan fingerprint density at radius 2 is 1.87 bits per heavy atom. The minimum absolute atomic E-state index is 0.120. The normalized spacial score (nSPS) is 11.0. The Hall–Kier alpha value is -2.75. The van der Waals surface area contributed by atoms with Gasteiger partial charge < -0.3 is 5.32 Å². The van der Waals surface area contributed by atoms with Gasteiger partial charge in [0.05, 0.1) is 5.75 Å². The molecule has 0 fully saturated rings. The maximum atomic E-state index is 12.9. The molecule has 1 amide bonds. The second-order valence-electron chi connectivity index (χ2n) is 7.00. The van der Waals surface area contributed by atoms with Crippen molar-refractivity contribution in [2.24, 2.45) is 7.05 Å². The SMILES string of the molecule is Cc1ccc(CNC(=O)CSc2nc3c(sc(=S)n3-c3ccccc3)c(=O)n2C)cc1. The van der Waals surface area contributed by atoms with Gasteiger partial charge in [-0.1, -0.05) is 71.1 Å². The maximum absolute atomic E-state index is 12.9. The second-order valence-corrected chi connectivity index (χ2v) is 9.59. The van der Waals surface area contributed by atoms with Crippen LogP contribution in [0.15, 0.2) is 64.5 Å². The summed E-state index contributed by atoms with van der Waals surface area (Å²) in [6.45, 7) is 2.49. The number of thioether (sulfide) groups is 1. The Morgan fingerprint density at radius 3 is 2.58 bits per heavy atom. The van der Waals surface area contributed by atoms with Gasteiger partial charge in [-0.3, -0.25) is 18.7 Å². The van der Waals surface area contributed by atoms with Crippen LogP contribution in [0.1, 0.15) is 11.1 Å². The van der Waals surface area contributed by atoms with Crippen LogP contribution in [-0.4, -0.2) is 25.8 Å². The molecule has 0 radical (unpaired) electrons. The molecule has 6 nitrogen and oxygen atoms in total. The molecule has 0 aliphatic heterocycles. The first-order valence-corrected chi connectivity index (χ1v) is 11.8. The molecular weight excluding hydrogens is 448 g/mol. The summed E-state index contributed by atoms with van der Waals surface area (Å²) in [6.07, 6.45) is 0. The van der Waals surface area contributed by atoms with E-state index in [0.717, 1.165) is 11.3 Å². The van der Waals surface area contributed by atoms with E-state index in [4.69, 9.17) is 12.2 Å². The third kappa shape index (κ3) is 4.63. The molecular formula is C22H20N4O2S3. The molecule has 4 aromatic rings. The minimum Gasteiger partial charge on any atom is -0.351 e. The van der Waals surface area contributed by atoms with Crippen LogP contribution in [0, 0.1) is 10.9 Å². The Balaban J connectivity index is 1.55. The number of aromatic nitrogens is 3. The van der Waals surface area contributed by atoms with Gasteiger partial charge in [0.15, 0.2) is 14.8 Å². The van der Waals surface area contributed by atoms with E-state index >= 15 is 0 Å². The van der Waals surface area contributed by atoms with Crippen molar-refractivity contribution < 1.29 is 4.79 Å². The number of hydrogen-bond donors (Lipinski definition) is 1. The van der Waals surface area contributed by atoms with E-state index in [9.17, 15) is 9.59 Å². The molecule has 0 aliphatic rings. The fraction of sp³-hybridized carbons (Fsp3) is 0.182. The van der Waals surface area contributed by atoms with Crippen molar-refractivity contribution in [1.29, 1.82) is 0 Å². The van der Waals surface area contributed by atoms with Gasteiger partial charge in [0.25, 0.3) is 5.56 Å². The van der Waals surface area contributed by atoms with E-state index in [0.29, 0.717) is 26.0 Å². The molecule has 31 heavy (non-hydrogen) atoms. The lowest BCUT2D eigenvalue weighted by molar-refractivity contribution is -0.118. The van der Waals surface area contributed by atoms with Gasteiger partial charge in [-0.05, 0) is 36.8 Å². The first kappa shape index (κ1) is 21.5. The van der Waals surface area contributed by atoms with E-state index in [-0.39, 0.29) is 17.2 Å². The van der Waals surface area contributed by atoms with Gasteiger partial charge in [0.1, 0.15) is 4.70 Å². The highest BCUT2D eigenvalue weighted by molar-refractivity contribution is 7.99. The number of rotatable bonds is 6. The number of nitrogens with zero attached hydrogens (tertiary/aromatic N) is 3. The van der Waals surface area contributed by atoms with Crippen LogP contribution >= 0.6 is 35.3 Å². The van der Waals surface area contributed by atoms with Crippen molar-refractivity contribution in [1.82, 2.24) is 19.4 Å². The summed E-state index contributed by atoms with van der Waals surface area (Å²) < 4.78 is 4.34. The summed E-state index contributed by atoms with van der Waals surface area (Å²) in [4.78, 5) is 29.9. The maximum Gasteiger partial charge on any atom is 0.273 e. The zero-order chi connectivity index (χ0) is 22.0. The second kappa shape index (κ2) is 9.17. The predicted molar refractivity (Wildman–Crippen MR) is 129 cm³/mol. The summed E-state index contributed by atoms with van der Waals surface area (Å²) >= 11 is 7.98. The zero-order valence-electron chi connectivity index (χ0n) is 17.0. The molecule has 9 heteroatoms. The Labute approximate surface area is 192 Å². The van der Waals surface area contributed by atoms with Crippen molar-refractivity contribution in [3.63, 3.8) is 0 Å². The number of amides is 1. The highest BCUT2D eigenvalue weighted by atomic mass is 32.2. The van der Waals surface area contributed by atoms with Crippen LogP contribution in [0.25, 0.3) is 16.0 Å². The van der Waals surface area contributed by atoms with Crippen LogP contribution in [0.5, 0.6) is 0 Å². The molecule has 0 saturated carbocycles. The zero-order valence-corrected chi connectivity index (χ0v) is 19.4. The third-order valence-electron chi connectivity index (χ3n) is 4.73. The molecule has 0 unspecified atom stereocenters. The van der Waals surface area contributed by atoms with Crippen LogP contribution in [0.3, 0.4) is 0 Å². The molecule has 4 rings (SSSR count). The monoisotopic (exact) mass is 468 g/mol. The van der Waals surface area contributed by atoms with Crippen molar-refractivity contribution in [3.05, 3.63) is 80.0 Å². The summed E-state index contributed by atoms with van der Waals surface area (Å²) in [7, 11) is 1.66. The van der Waals surface area contributed by atoms with E-state index in [1.165, 1.54) is 33.2 Å². The third-order valence-corrected chi connectivity index (χ3v) is 7.11. The lowest BCUT2D eigenvalue weighted by atomic mass is 10.1. The highest BCUT2D eigenvalue weighted by Gasteiger charge is 2.17. The minimum atomic E-state index is -0.168. The molecule has 0 atom stereocenters. The molecule has 158 valence electrons. The molecule has 0 bridgehead atoms. The molecule has 1 N–H and O–H groups in total. The summed E-state index contributed by atoms with van der Waals surface area (Å²) in [5.74, 6) is 0.0403. The van der Waals surface area contributed by atoms with Gasteiger partial charge in [-0.15, -0.1) is 0 Å². The highest BCUT2D eigenvalue weighted by Crippen LogP contribution is 2.25. The first-order valence-electron chi connectivity index (χ1n) is 9.57. The van der Waals surface area contributed by atoms with Crippen molar-refractivity contribution in [3.8, 4) is 5.69 Å². The molecule has 0 spiro atoms. The summed E-state index contributed by atoms with van der Waals surface area (Å²) in [6, 6.07) is 17.6. The van der Waals surface area contributed by atoms with Crippen molar-refractivity contribution in [2.75, 3.05) is 5.75 Å². The number of benzene rings is 2. The van der Waals surface area contributed by atoms with E-state index in [2.05, 4.69) is 10.3 Å². The number of carbonyl (C=O) groups excluding carboxylic acids is 1. The number of para-hydroxylation sites is 1. The Bertz CT molecular complexity index is 1360. The fourth-order valence-corrected chi connectivity index (χ4v) is 5.17. The smallest absolute Gasteiger partial charge is 0.273 e. The molecule has 0 aliphatic carbocycles. The van der Waals surface area contributed by atoms with E-state index < -0.39 is 0 Å². The fourth-order valence-electron chi connectivity index (χ4n) is 3.03. The van der Waals surface area contributed by atoms with E-state index in [1.807, 2.05) is 61.5 Å². The number of aryl methyl sites for hydroxylation is 1. The Kier molecular flexibility index (Phi) is 6.35. The van der Waals surface area contributed by atoms with Gasteiger partial charge in [-0.2, -0.15) is 0 Å². The average Bonchev–Trinajstić information content (AvgIpc) is 3.11. The molecule has 0 saturated heterocycles. The van der Waals surface area contributed by atoms with Gasteiger partial charge in [-0.25, -0.2) is 4.98 Å². The average molecular weight is 469 g/mol.